The van der Waals surface area contributed by atoms with Gasteiger partial charge in [-0.15, -0.1) is 0 Å². The molecule has 2 aromatic rings. The van der Waals surface area contributed by atoms with Gasteiger partial charge in [-0.2, -0.15) is 0 Å². The van der Waals surface area contributed by atoms with E-state index in [1.54, 1.807) is 16.7 Å². The predicted molar refractivity (Wildman–Crippen MR) is 145 cm³/mol. The van der Waals surface area contributed by atoms with Crippen molar-refractivity contribution < 1.29 is 0 Å². The molecule has 0 amide bonds. The lowest BCUT2D eigenvalue weighted by Crippen LogP contribution is -2.42. The summed E-state index contributed by atoms with van der Waals surface area (Å²) in [5.41, 5.74) is 9.25. The third-order valence-corrected chi connectivity index (χ3v) is 9.04. The second-order valence-corrected chi connectivity index (χ2v) is 12.1. The average Bonchev–Trinajstić information content (AvgIpc) is 3.34. The second-order valence-electron chi connectivity index (χ2n) is 12.1. The third-order valence-electron chi connectivity index (χ3n) is 9.04. The van der Waals surface area contributed by atoms with Crippen molar-refractivity contribution in [2.24, 2.45) is 0 Å². The van der Waals surface area contributed by atoms with Gasteiger partial charge in [-0.1, -0.05) is 30.3 Å². The Kier molecular flexibility index (Phi) is 6.54. The van der Waals surface area contributed by atoms with E-state index in [0.717, 1.165) is 13.1 Å². The molecule has 0 aromatic heterocycles. The van der Waals surface area contributed by atoms with Crippen molar-refractivity contribution in [3.05, 3.63) is 64.2 Å². The Morgan fingerprint density at radius 3 is 2.35 bits per heavy atom. The third kappa shape index (κ3) is 4.42. The SMILES string of the molecule is CC(C)N1Cc2ccc(C(C)(C)N3CCCC(c4ccc5c(c4)CCN5C(C)C)CC3)cc2C1. The number of hydrogen-bond acceptors (Lipinski definition) is 3. The van der Waals surface area contributed by atoms with Crippen LogP contribution in [0.1, 0.15) is 94.5 Å². The van der Waals surface area contributed by atoms with Crippen molar-refractivity contribution in [2.75, 3.05) is 24.5 Å². The van der Waals surface area contributed by atoms with Crippen molar-refractivity contribution in [1.82, 2.24) is 9.80 Å². The van der Waals surface area contributed by atoms with Crippen molar-refractivity contribution in [3.63, 3.8) is 0 Å². The van der Waals surface area contributed by atoms with Gasteiger partial charge in [0.25, 0.3) is 0 Å². The fourth-order valence-electron chi connectivity index (χ4n) is 6.58. The van der Waals surface area contributed by atoms with Gasteiger partial charge in [0.1, 0.15) is 0 Å². The number of hydrogen-bond donors (Lipinski definition) is 0. The highest BCUT2D eigenvalue weighted by Crippen LogP contribution is 2.38. The van der Waals surface area contributed by atoms with Crippen LogP contribution in [0.4, 0.5) is 5.69 Å². The summed E-state index contributed by atoms with van der Waals surface area (Å²) < 4.78 is 0. The zero-order chi connectivity index (χ0) is 24.0. The molecule has 1 saturated heterocycles. The molecule has 0 spiro atoms. The first-order valence-electron chi connectivity index (χ1n) is 13.7. The smallest absolute Gasteiger partial charge is 0.0404 e. The van der Waals surface area contributed by atoms with E-state index in [4.69, 9.17) is 0 Å². The van der Waals surface area contributed by atoms with E-state index >= 15 is 0 Å². The summed E-state index contributed by atoms with van der Waals surface area (Å²) in [5, 5.41) is 0. The Balaban J connectivity index is 1.29. The standard InChI is InChI=1S/C31H45N3/c1-22(2)32-20-27-9-11-29(19-28(27)21-32)31(5,6)33-15-7-8-24(13-16-33)25-10-12-30-26(18-25)14-17-34(30)23(3)4/h9-12,18-19,22-24H,7-8,13-17,20-21H2,1-6H3. The van der Waals surface area contributed by atoms with Crippen LogP contribution >= 0.6 is 0 Å². The Hall–Kier alpha value is -1.84. The van der Waals surface area contributed by atoms with Gasteiger partial charge in [0.15, 0.2) is 0 Å². The lowest BCUT2D eigenvalue weighted by Gasteiger charge is -2.39. The number of fused-ring (bicyclic) bond motifs is 2. The van der Waals surface area contributed by atoms with Crippen molar-refractivity contribution >= 4 is 5.69 Å². The highest BCUT2D eigenvalue weighted by atomic mass is 15.2. The van der Waals surface area contributed by atoms with Crippen molar-refractivity contribution in [1.29, 1.82) is 0 Å². The van der Waals surface area contributed by atoms with E-state index in [0.29, 0.717) is 18.0 Å². The number of nitrogens with zero attached hydrogens (tertiary/aromatic N) is 3. The minimum Gasteiger partial charge on any atom is -0.369 e. The molecule has 3 aliphatic rings. The number of anilines is 1. The molecule has 3 nitrogen and oxygen atoms in total. The lowest BCUT2D eigenvalue weighted by atomic mass is 9.89. The van der Waals surface area contributed by atoms with Crippen LogP contribution in [0.3, 0.4) is 0 Å². The minimum atomic E-state index is 0.0743. The van der Waals surface area contributed by atoms with Crippen molar-refractivity contribution in [2.45, 2.75) is 104 Å². The van der Waals surface area contributed by atoms with Crippen LogP contribution in [-0.4, -0.2) is 41.5 Å². The molecule has 0 N–H and O–H groups in total. The molecular formula is C31H45N3. The van der Waals surface area contributed by atoms with Crippen LogP contribution in [-0.2, 0) is 25.0 Å². The monoisotopic (exact) mass is 459 g/mol. The topological polar surface area (TPSA) is 9.72 Å². The van der Waals surface area contributed by atoms with Crippen molar-refractivity contribution in [3.8, 4) is 0 Å². The molecule has 34 heavy (non-hydrogen) atoms. The molecule has 1 unspecified atom stereocenters. The molecule has 184 valence electrons. The number of likely N-dealkylation sites (tertiary alicyclic amines) is 1. The van der Waals surface area contributed by atoms with Gasteiger partial charge in [0.05, 0.1) is 0 Å². The molecule has 1 atom stereocenters. The molecule has 2 aromatic carbocycles. The summed E-state index contributed by atoms with van der Waals surface area (Å²) >= 11 is 0. The maximum Gasteiger partial charge on any atom is 0.0404 e. The van der Waals surface area contributed by atoms with Crippen LogP contribution in [0.25, 0.3) is 0 Å². The molecule has 3 heteroatoms. The van der Waals surface area contributed by atoms with Gasteiger partial charge >= 0.3 is 0 Å². The summed E-state index contributed by atoms with van der Waals surface area (Å²) in [5.74, 6) is 0.693. The Morgan fingerprint density at radius 2 is 1.59 bits per heavy atom. The Morgan fingerprint density at radius 1 is 0.794 bits per heavy atom. The summed E-state index contributed by atoms with van der Waals surface area (Å²) in [7, 11) is 0. The lowest BCUT2D eigenvalue weighted by molar-refractivity contribution is 0.124. The first-order chi connectivity index (χ1) is 16.2. The predicted octanol–water partition coefficient (Wildman–Crippen LogP) is 6.69. The van der Waals surface area contributed by atoms with E-state index in [9.17, 15) is 0 Å². The number of benzene rings is 2. The maximum absolute atomic E-state index is 2.76. The summed E-state index contributed by atoms with van der Waals surface area (Å²) in [6, 6.07) is 15.9. The molecular weight excluding hydrogens is 414 g/mol. The highest BCUT2D eigenvalue weighted by Gasteiger charge is 2.33. The zero-order valence-electron chi connectivity index (χ0n) is 22.4. The molecule has 5 rings (SSSR count). The molecule has 0 aliphatic carbocycles. The Labute approximate surface area is 208 Å². The molecule has 0 saturated carbocycles. The normalized spacial score (nSPS) is 21.9. The molecule has 1 fully saturated rings. The fourth-order valence-corrected chi connectivity index (χ4v) is 6.58. The quantitative estimate of drug-likeness (QED) is 0.493. The Bertz CT molecular complexity index is 1020. The van der Waals surface area contributed by atoms with Gasteiger partial charge in [0.2, 0.25) is 0 Å². The average molecular weight is 460 g/mol. The van der Waals surface area contributed by atoms with Crippen LogP contribution in [0.5, 0.6) is 0 Å². The molecule has 0 radical (unpaired) electrons. The second kappa shape index (κ2) is 9.32. The van der Waals surface area contributed by atoms with Crippen LogP contribution in [0, 0.1) is 0 Å². The number of rotatable bonds is 5. The maximum atomic E-state index is 2.76. The fraction of sp³-hybridized carbons (Fsp3) is 0.613. The first kappa shape index (κ1) is 23.9. The molecule has 3 heterocycles. The van der Waals surface area contributed by atoms with Gasteiger partial charge in [-0.25, -0.2) is 0 Å². The summed E-state index contributed by atoms with van der Waals surface area (Å²) in [4.78, 5) is 7.90. The van der Waals surface area contributed by atoms with Gasteiger partial charge < -0.3 is 4.90 Å². The van der Waals surface area contributed by atoms with Gasteiger partial charge in [0, 0.05) is 42.9 Å². The largest absolute Gasteiger partial charge is 0.369 e. The van der Waals surface area contributed by atoms with E-state index in [2.05, 4.69) is 92.6 Å². The van der Waals surface area contributed by atoms with Crippen LogP contribution in [0.15, 0.2) is 36.4 Å². The molecule has 0 bridgehead atoms. The summed E-state index contributed by atoms with van der Waals surface area (Å²) in [6.07, 6.45) is 5.07. The summed E-state index contributed by atoms with van der Waals surface area (Å²) in [6.45, 7) is 19.9. The van der Waals surface area contributed by atoms with Gasteiger partial charge in [-0.05, 0) is 120 Å². The van der Waals surface area contributed by atoms with Crippen LogP contribution < -0.4 is 4.90 Å². The van der Waals surface area contributed by atoms with Crippen LogP contribution in [0.2, 0.25) is 0 Å². The van der Waals surface area contributed by atoms with Gasteiger partial charge in [-0.3, -0.25) is 9.80 Å². The van der Waals surface area contributed by atoms with E-state index in [1.807, 2.05) is 0 Å². The molecule has 3 aliphatic heterocycles. The highest BCUT2D eigenvalue weighted by molar-refractivity contribution is 5.60. The first-order valence-corrected chi connectivity index (χ1v) is 13.7. The van der Waals surface area contributed by atoms with E-state index < -0.39 is 0 Å². The van der Waals surface area contributed by atoms with E-state index in [1.165, 1.54) is 62.1 Å². The zero-order valence-corrected chi connectivity index (χ0v) is 22.4. The van der Waals surface area contributed by atoms with E-state index in [-0.39, 0.29) is 5.54 Å². The minimum absolute atomic E-state index is 0.0743.